The highest BCUT2D eigenvalue weighted by atomic mass is 16.5. The standard InChI is InChI=1S/C17H27NO3/c1-12(19)15-13(8-7-9-14(15)20-6)18-10-16(2,3)21-17(4,5)11-18/h7-9,12,19H,10-11H2,1-6H3/t12-/m1/s1. The van der Waals surface area contributed by atoms with Crippen molar-refractivity contribution in [2.24, 2.45) is 0 Å². The van der Waals surface area contributed by atoms with Gasteiger partial charge in [0.1, 0.15) is 5.75 Å². The first kappa shape index (κ1) is 16.1. The number of aliphatic hydroxyl groups is 1. The number of nitrogens with zero attached hydrogens (tertiary/aromatic N) is 1. The smallest absolute Gasteiger partial charge is 0.126 e. The summed E-state index contributed by atoms with van der Waals surface area (Å²) in [6.07, 6.45) is -0.579. The zero-order valence-corrected chi connectivity index (χ0v) is 13.9. The molecule has 1 saturated heterocycles. The van der Waals surface area contributed by atoms with Crippen LogP contribution in [0.3, 0.4) is 0 Å². The van der Waals surface area contributed by atoms with Crippen LogP contribution in [0.5, 0.6) is 5.75 Å². The molecule has 118 valence electrons. The van der Waals surface area contributed by atoms with E-state index >= 15 is 0 Å². The van der Waals surface area contributed by atoms with Crippen LogP contribution in [-0.2, 0) is 4.74 Å². The highest BCUT2D eigenvalue weighted by molar-refractivity contribution is 5.61. The van der Waals surface area contributed by atoms with Gasteiger partial charge in [0, 0.05) is 24.3 Å². The van der Waals surface area contributed by atoms with Gasteiger partial charge >= 0.3 is 0 Å². The summed E-state index contributed by atoms with van der Waals surface area (Å²) in [4.78, 5) is 2.29. The van der Waals surface area contributed by atoms with E-state index in [1.165, 1.54) is 0 Å². The Bertz CT molecular complexity index is 493. The molecular formula is C17H27NO3. The minimum atomic E-state index is -0.579. The first-order chi connectivity index (χ1) is 9.65. The summed E-state index contributed by atoms with van der Waals surface area (Å²) < 4.78 is 11.6. The van der Waals surface area contributed by atoms with E-state index in [2.05, 4.69) is 32.6 Å². The Morgan fingerprint density at radius 2 is 1.76 bits per heavy atom. The van der Waals surface area contributed by atoms with Gasteiger partial charge in [0.25, 0.3) is 0 Å². The number of benzene rings is 1. The first-order valence-corrected chi connectivity index (χ1v) is 7.45. The minimum absolute atomic E-state index is 0.235. The molecule has 1 heterocycles. The lowest BCUT2D eigenvalue weighted by Crippen LogP contribution is -2.57. The third-order valence-corrected chi connectivity index (χ3v) is 3.72. The molecule has 1 fully saturated rings. The Kier molecular flexibility index (Phi) is 4.22. The van der Waals surface area contributed by atoms with Crippen molar-refractivity contribution in [1.29, 1.82) is 0 Å². The molecule has 1 N–H and O–H groups in total. The van der Waals surface area contributed by atoms with E-state index in [9.17, 15) is 5.11 Å². The highest BCUT2D eigenvalue weighted by Gasteiger charge is 2.39. The number of anilines is 1. The average molecular weight is 293 g/mol. The summed E-state index contributed by atoms with van der Waals surface area (Å²) in [6, 6.07) is 5.90. The Hall–Kier alpha value is -1.26. The monoisotopic (exact) mass is 293 g/mol. The maximum atomic E-state index is 10.2. The fraction of sp³-hybridized carbons (Fsp3) is 0.647. The quantitative estimate of drug-likeness (QED) is 0.929. The van der Waals surface area contributed by atoms with Crippen molar-refractivity contribution in [1.82, 2.24) is 0 Å². The number of hydrogen-bond acceptors (Lipinski definition) is 4. The highest BCUT2D eigenvalue weighted by Crippen LogP contribution is 2.38. The van der Waals surface area contributed by atoms with E-state index in [0.29, 0.717) is 0 Å². The molecule has 1 aliphatic heterocycles. The molecule has 0 radical (unpaired) electrons. The number of rotatable bonds is 3. The van der Waals surface area contributed by atoms with E-state index < -0.39 is 6.10 Å². The van der Waals surface area contributed by atoms with Gasteiger partial charge in [0.15, 0.2) is 0 Å². The molecule has 0 bridgehead atoms. The zero-order chi connectivity index (χ0) is 15.8. The van der Waals surface area contributed by atoms with Crippen LogP contribution in [-0.4, -0.2) is 36.5 Å². The van der Waals surface area contributed by atoms with Crippen LogP contribution >= 0.6 is 0 Å². The summed E-state index contributed by atoms with van der Waals surface area (Å²) >= 11 is 0. The second-order valence-corrected chi connectivity index (χ2v) is 7.05. The maximum Gasteiger partial charge on any atom is 0.126 e. The van der Waals surface area contributed by atoms with Crippen LogP contribution in [0.1, 0.15) is 46.3 Å². The van der Waals surface area contributed by atoms with E-state index in [-0.39, 0.29) is 11.2 Å². The molecule has 21 heavy (non-hydrogen) atoms. The van der Waals surface area contributed by atoms with Crippen LogP contribution in [0.2, 0.25) is 0 Å². The van der Waals surface area contributed by atoms with E-state index in [4.69, 9.17) is 9.47 Å². The molecule has 1 aliphatic rings. The fourth-order valence-corrected chi connectivity index (χ4v) is 3.36. The molecule has 4 heteroatoms. The lowest BCUT2D eigenvalue weighted by Gasteiger charge is -2.48. The maximum absolute atomic E-state index is 10.2. The van der Waals surface area contributed by atoms with E-state index in [0.717, 1.165) is 30.1 Å². The van der Waals surface area contributed by atoms with Gasteiger partial charge in [0.2, 0.25) is 0 Å². The largest absolute Gasteiger partial charge is 0.496 e. The lowest BCUT2D eigenvalue weighted by atomic mass is 9.96. The predicted octanol–water partition coefficient (Wildman–Crippen LogP) is 3.14. The van der Waals surface area contributed by atoms with Gasteiger partial charge < -0.3 is 19.5 Å². The number of ether oxygens (including phenoxy) is 2. The van der Waals surface area contributed by atoms with Crippen molar-refractivity contribution in [3.05, 3.63) is 23.8 Å². The topological polar surface area (TPSA) is 41.9 Å². The molecule has 1 aromatic carbocycles. The molecule has 0 saturated carbocycles. The summed E-state index contributed by atoms with van der Waals surface area (Å²) in [5, 5.41) is 10.2. The molecule has 0 aliphatic carbocycles. The Morgan fingerprint density at radius 3 is 2.24 bits per heavy atom. The summed E-state index contributed by atoms with van der Waals surface area (Å²) in [5.41, 5.74) is 1.39. The molecule has 0 unspecified atom stereocenters. The Labute approximate surface area is 127 Å². The van der Waals surface area contributed by atoms with Crippen LogP contribution in [0.15, 0.2) is 18.2 Å². The second kappa shape index (κ2) is 5.50. The third kappa shape index (κ3) is 3.50. The van der Waals surface area contributed by atoms with Crippen molar-refractivity contribution < 1.29 is 14.6 Å². The molecule has 1 atom stereocenters. The van der Waals surface area contributed by atoms with Gasteiger partial charge in [-0.1, -0.05) is 6.07 Å². The van der Waals surface area contributed by atoms with Gasteiger partial charge in [-0.3, -0.25) is 0 Å². The molecule has 0 spiro atoms. The number of aliphatic hydroxyl groups excluding tert-OH is 1. The number of hydrogen-bond donors (Lipinski definition) is 1. The van der Waals surface area contributed by atoms with Gasteiger partial charge in [-0.05, 0) is 46.8 Å². The SMILES string of the molecule is COc1cccc(N2CC(C)(C)OC(C)(C)C2)c1[C@@H](C)O. The predicted molar refractivity (Wildman–Crippen MR) is 85.1 cm³/mol. The number of methoxy groups -OCH3 is 1. The minimum Gasteiger partial charge on any atom is -0.496 e. The third-order valence-electron chi connectivity index (χ3n) is 3.72. The van der Waals surface area contributed by atoms with E-state index in [1.54, 1.807) is 14.0 Å². The molecular weight excluding hydrogens is 266 g/mol. The first-order valence-electron chi connectivity index (χ1n) is 7.45. The summed E-state index contributed by atoms with van der Waals surface area (Å²) in [7, 11) is 1.64. The van der Waals surface area contributed by atoms with Crippen LogP contribution in [0.25, 0.3) is 0 Å². The van der Waals surface area contributed by atoms with Gasteiger partial charge in [-0.25, -0.2) is 0 Å². The second-order valence-electron chi connectivity index (χ2n) is 7.05. The van der Waals surface area contributed by atoms with Crippen molar-refractivity contribution in [2.45, 2.75) is 51.9 Å². The normalized spacial score (nSPS) is 22.0. The van der Waals surface area contributed by atoms with Crippen LogP contribution < -0.4 is 9.64 Å². The molecule has 4 nitrogen and oxygen atoms in total. The lowest BCUT2D eigenvalue weighted by molar-refractivity contribution is -0.133. The van der Waals surface area contributed by atoms with Crippen molar-refractivity contribution in [3.8, 4) is 5.75 Å². The molecule has 2 rings (SSSR count). The van der Waals surface area contributed by atoms with Crippen LogP contribution in [0.4, 0.5) is 5.69 Å². The fourth-order valence-electron chi connectivity index (χ4n) is 3.36. The Morgan fingerprint density at radius 1 is 1.19 bits per heavy atom. The summed E-state index contributed by atoms with van der Waals surface area (Å²) in [5.74, 6) is 0.726. The number of morpholine rings is 1. The van der Waals surface area contributed by atoms with Gasteiger partial charge in [-0.2, -0.15) is 0 Å². The van der Waals surface area contributed by atoms with Crippen molar-refractivity contribution >= 4 is 5.69 Å². The van der Waals surface area contributed by atoms with Gasteiger partial charge in [-0.15, -0.1) is 0 Å². The van der Waals surface area contributed by atoms with Gasteiger partial charge in [0.05, 0.1) is 24.4 Å². The average Bonchev–Trinajstić information content (AvgIpc) is 2.33. The molecule has 0 aromatic heterocycles. The van der Waals surface area contributed by atoms with Crippen LogP contribution in [0, 0.1) is 0 Å². The van der Waals surface area contributed by atoms with Crippen molar-refractivity contribution in [2.75, 3.05) is 25.1 Å². The molecule has 1 aromatic rings. The van der Waals surface area contributed by atoms with Crippen molar-refractivity contribution in [3.63, 3.8) is 0 Å². The van der Waals surface area contributed by atoms with E-state index in [1.807, 2.05) is 18.2 Å². The Balaban J connectivity index is 2.46. The summed E-state index contributed by atoms with van der Waals surface area (Å²) in [6.45, 7) is 11.7. The molecule has 0 amide bonds. The zero-order valence-electron chi connectivity index (χ0n) is 13.9.